The Balaban J connectivity index is 0.992. The monoisotopic (exact) mass is 695 g/mol. The van der Waals surface area contributed by atoms with Crippen LogP contribution in [0.15, 0.2) is 66.4 Å². The molecule has 1 atom stereocenters. The predicted octanol–water partition coefficient (Wildman–Crippen LogP) is 6.29. The fourth-order valence-corrected chi connectivity index (χ4v) is 7.65. The zero-order valence-corrected chi connectivity index (χ0v) is 29.8. The Morgan fingerprint density at radius 2 is 1.57 bits per heavy atom. The second-order valence-corrected chi connectivity index (χ2v) is 15.6. The van der Waals surface area contributed by atoms with Gasteiger partial charge in [-0.15, -0.1) is 0 Å². The van der Waals surface area contributed by atoms with Crippen LogP contribution in [0.1, 0.15) is 98.3 Å². The Labute approximate surface area is 298 Å². The molecule has 4 fully saturated rings. The molecule has 11 heteroatoms. The van der Waals surface area contributed by atoms with Gasteiger partial charge in [-0.05, 0) is 93.8 Å². The maximum Gasteiger partial charge on any atom is 0.410 e. The van der Waals surface area contributed by atoms with E-state index in [9.17, 15) is 18.8 Å². The van der Waals surface area contributed by atoms with Gasteiger partial charge in [-0.3, -0.25) is 9.59 Å². The number of nitrogens with zero attached hydrogens (tertiary/aromatic N) is 4. The highest BCUT2D eigenvalue weighted by molar-refractivity contribution is 5.92. The largest absolute Gasteiger partial charge is 0.444 e. The number of rotatable bonds is 7. The Bertz CT molecular complexity index is 1810. The molecule has 7 rings (SSSR count). The van der Waals surface area contributed by atoms with E-state index in [4.69, 9.17) is 9.47 Å². The number of hydrogen-bond acceptors (Lipinski definition) is 7. The molecule has 4 aliphatic rings. The van der Waals surface area contributed by atoms with Gasteiger partial charge < -0.3 is 24.6 Å². The summed E-state index contributed by atoms with van der Waals surface area (Å²) in [6, 6.07) is 16.1. The molecule has 268 valence electrons. The van der Waals surface area contributed by atoms with E-state index in [1.165, 1.54) is 17.7 Å². The summed E-state index contributed by atoms with van der Waals surface area (Å²) in [5, 5.41) is 3.08. The first-order valence-electron chi connectivity index (χ1n) is 17.9. The third-order valence-corrected chi connectivity index (χ3v) is 10.5. The average molecular weight is 696 g/mol. The van der Waals surface area contributed by atoms with E-state index in [0.717, 1.165) is 47.9 Å². The minimum absolute atomic E-state index is 0.0143. The molecule has 1 aliphatic carbocycles. The number of allylic oxidation sites excluding steroid dienone is 1. The van der Waals surface area contributed by atoms with Crippen molar-refractivity contribution in [3.8, 4) is 0 Å². The number of nitrogens with one attached hydrogen (secondary N) is 1. The predicted molar refractivity (Wildman–Crippen MR) is 189 cm³/mol. The van der Waals surface area contributed by atoms with Crippen LogP contribution in [0.25, 0.3) is 5.57 Å². The quantitative estimate of drug-likeness (QED) is 0.309. The van der Waals surface area contributed by atoms with E-state index in [1.807, 2.05) is 56.9 Å². The Hall–Kier alpha value is -4.64. The summed E-state index contributed by atoms with van der Waals surface area (Å²) in [5.41, 5.74) is 5.12. The van der Waals surface area contributed by atoms with Gasteiger partial charge >= 0.3 is 6.09 Å². The van der Waals surface area contributed by atoms with E-state index in [1.54, 1.807) is 17.2 Å². The number of amides is 3. The van der Waals surface area contributed by atoms with E-state index in [-0.39, 0.29) is 47.0 Å². The van der Waals surface area contributed by atoms with Crippen LogP contribution in [0.2, 0.25) is 0 Å². The number of hydrogen-bond donors (Lipinski definition) is 1. The zero-order chi connectivity index (χ0) is 35.9. The van der Waals surface area contributed by atoms with Gasteiger partial charge in [0.25, 0.3) is 5.91 Å². The summed E-state index contributed by atoms with van der Waals surface area (Å²) in [7, 11) is 0. The molecule has 1 spiro atoms. The molecule has 3 aliphatic heterocycles. The Kier molecular flexibility index (Phi) is 9.43. The van der Waals surface area contributed by atoms with Gasteiger partial charge in [0.15, 0.2) is 0 Å². The van der Waals surface area contributed by atoms with Gasteiger partial charge in [-0.25, -0.2) is 19.2 Å². The SMILES string of the molecule is C[C@@H](NC(=O)c1ccnc(C2CCN(C(=O)C3COC3)CC2)n1)c1ccc(C(=C2CC3(C2)CN(C(=O)OC(C)(C)C)C3)c2ccc(F)cc2)cc1. The number of likely N-dealkylation sites (tertiary alicyclic amines) is 2. The summed E-state index contributed by atoms with van der Waals surface area (Å²) < 4.78 is 24.6. The van der Waals surface area contributed by atoms with Gasteiger partial charge in [0, 0.05) is 43.7 Å². The minimum Gasteiger partial charge on any atom is -0.444 e. The summed E-state index contributed by atoms with van der Waals surface area (Å²) in [4.78, 5) is 51.3. The van der Waals surface area contributed by atoms with Gasteiger partial charge in [0.2, 0.25) is 5.91 Å². The fraction of sp³-hybridized carbons (Fsp3) is 0.475. The average Bonchev–Trinajstić information content (AvgIpc) is 3.04. The van der Waals surface area contributed by atoms with Gasteiger partial charge in [0.1, 0.15) is 22.9 Å². The molecule has 0 radical (unpaired) electrons. The number of aromatic nitrogens is 2. The maximum atomic E-state index is 13.9. The standard InChI is InChI=1S/C40H46FN5O5/c1-25(43-36(47)33-13-16-42-35(44-33)29-14-17-45(18-15-29)37(48)31-21-50-22-31)26-5-7-27(8-6-26)34(28-9-11-32(41)12-10-28)30-19-40(20-30)23-46(24-40)38(49)51-39(2,3)4/h5-13,16,25,29,31H,14-15,17-24H2,1-4H3,(H,43,47)/t25-/m1/s1. The number of benzene rings is 2. The Morgan fingerprint density at radius 3 is 2.16 bits per heavy atom. The molecule has 1 aromatic heterocycles. The van der Waals surface area contributed by atoms with E-state index in [2.05, 4.69) is 27.4 Å². The van der Waals surface area contributed by atoms with Crippen molar-refractivity contribution in [2.24, 2.45) is 11.3 Å². The second kappa shape index (κ2) is 13.8. The summed E-state index contributed by atoms with van der Waals surface area (Å²) in [6.07, 6.45) is 4.60. The summed E-state index contributed by atoms with van der Waals surface area (Å²) >= 11 is 0. The van der Waals surface area contributed by atoms with Crippen LogP contribution in [0, 0.1) is 17.2 Å². The first-order valence-corrected chi connectivity index (χ1v) is 17.9. The molecule has 10 nitrogen and oxygen atoms in total. The van der Waals surface area contributed by atoms with Crippen molar-refractivity contribution < 1.29 is 28.2 Å². The number of carbonyl (C=O) groups excluding carboxylic acids is 3. The van der Waals surface area contributed by atoms with Crippen LogP contribution in [0.5, 0.6) is 0 Å². The smallest absolute Gasteiger partial charge is 0.410 e. The van der Waals surface area contributed by atoms with Gasteiger partial charge in [-0.1, -0.05) is 42.0 Å². The van der Waals surface area contributed by atoms with Crippen molar-refractivity contribution in [3.63, 3.8) is 0 Å². The fourth-order valence-electron chi connectivity index (χ4n) is 7.65. The minimum atomic E-state index is -0.528. The van der Waals surface area contributed by atoms with Crippen LogP contribution in [-0.4, -0.2) is 82.7 Å². The zero-order valence-electron chi connectivity index (χ0n) is 29.8. The highest BCUT2D eigenvalue weighted by Gasteiger charge is 2.53. The number of halogens is 1. The topological polar surface area (TPSA) is 114 Å². The summed E-state index contributed by atoms with van der Waals surface area (Å²) in [6.45, 7) is 11.2. The molecule has 3 amide bonds. The third kappa shape index (κ3) is 7.54. The molecule has 0 bridgehead atoms. The van der Waals surface area contributed by atoms with Crippen molar-refractivity contribution in [1.82, 2.24) is 25.1 Å². The lowest BCUT2D eigenvalue weighted by Gasteiger charge is -2.57. The van der Waals surface area contributed by atoms with Gasteiger partial charge in [-0.2, -0.15) is 0 Å². The van der Waals surface area contributed by atoms with Gasteiger partial charge in [0.05, 0.1) is 25.2 Å². The third-order valence-electron chi connectivity index (χ3n) is 10.5. The van der Waals surface area contributed by atoms with Crippen LogP contribution < -0.4 is 5.32 Å². The first-order chi connectivity index (χ1) is 24.4. The van der Waals surface area contributed by atoms with Crippen molar-refractivity contribution in [1.29, 1.82) is 0 Å². The van der Waals surface area contributed by atoms with Crippen LogP contribution >= 0.6 is 0 Å². The molecule has 4 heterocycles. The van der Waals surface area contributed by atoms with Crippen LogP contribution in [-0.2, 0) is 14.3 Å². The number of carbonyl (C=O) groups is 3. The van der Waals surface area contributed by atoms with Crippen molar-refractivity contribution in [2.75, 3.05) is 39.4 Å². The van der Waals surface area contributed by atoms with E-state index in [0.29, 0.717) is 50.9 Å². The van der Waals surface area contributed by atoms with Crippen LogP contribution in [0.3, 0.4) is 0 Å². The second-order valence-electron chi connectivity index (χ2n) is 15.6. The molecule has 1 saturated carbocycles. The molecule has 3 saturated heterocycles. The molecule has 51 heavy (non-hydrogen) atoms. The molecular weight excluding hydrogens is 649 g/mol. The lowest BCUT2D eigenvalue weighted by atomic mass is 9.59. The lowest BCUT2D eigenvalue weighted by Crippen LogP contribution is -2.62. The maximum absolute atomic E-state index is 13.9. The molecule has 1 N–H and O–H groups in total. The normalized spacial score (nSPS) is 19.4. The molecular formula is C40H46FN5O5. The van der Waals surface area contributed by atoms with Crippen molar-refractivity contribution in [2.45, 2.75) is 70.9 Å². The molecule has 0 unspecified atom stereocenters. The van der Waals surface area contributed by atoms with Crippen molar-refractivity contribution in [3.05, 3.63) is 100 Å². The van der Waals surface area contributed by atoms with Crippen LogP contribution in [0.4, 0.5) is 9.18 Å². The highest BCUT2D eigenvalue weighted by Crippen LogP contribution is 2.55. The lowest BCUT2D eigenvalue weighted by molar-refractivity contribution is -0.150. The molecule has 3 aromatic rings. The summed E-state index contributed by atoms with van der Waals surface area (Å²) in [5.74, 6) is 0.317. The van der Waals surface area contributed by atoms with E-state index >= 15 is 0 Å². The number of piperidine rings is 1. The molecule has 2 aromatic carbocycles. The first kappa shape index (κ1) is 34.8. The van der Waals surface area contributed by atoms with Crippen molar-refractivity contribution >= 4 is 23.5 Å². The highest BCUT2D eigenvalue weighted by atomic mass is 19.1. The Morgan fingerprint density at radius 1 is 0.941 bits per heavy atom. The van der Waals surface area contributed by atoms with E-state index < -0.39 is 5.60 Å². The number of ether oxygens (including phenoxy) is 2.